The van der Waals surface area contributed by atoms with E-state index >= 15 is 0 Å². The number of rotatable bonds is 9. The Balaban J connectivity index is 1.35. The monoisotopic (exact) mass is 459 g/mol. The van der Waals surface area contributed by atoms with Gasteiger partial charge in [-0.05, 0) is 42.5 Å². The maximum atomic E-state index is 12.2. The molecule has 0 fully saturated rings. The Morgan fingerprint density at radius 1 is 1.03 bits per heavy atom. The van der Waals surface area contributed by atoms with Crippen molar-refractivity contribution in [2.75, 3.05) is 5.32 Å². The Morgan fingerprint density at radius 2 is 1.85 bits per heavy atom. The van der Waals surface area contributed by atoms with Crippen LogP contribution in [0.1, 0.15) is 28.1 Å². The smallest absolute Gasteiger partial charge is 0.339 e. The molecule has 2 aromatic heterocycles. The number of phenols is 1. The van der Waals surface area contributed by atoms with Crippen molar-refractivity contribution < 1.29 is 29.0 Å². The van der Waals surface area contributed by atoms with Crippen molar-refractivity contribution in [3.05, 3.63) is 90.1 Å². The number of amides is 1. The highest BCUT2D eigenvalue weighted by Gasteiger charge is 2.11. The van der Waals surface area contributed by atoms with Gasteiger partial charge in [-0.15, -0.1) is 0 Å². The summed E-state index contributed by atoms with van der Waals surface area (Å²) in [5, 5.41) is 21.5. The minimum absolute atomic E-state index is 0.121. The molecule has 9 nitrogen and oxygen atoms in total. The van der Waals surface area contributed by atoms with Crippen LogP contribution in [0.15, 0.2) is 77.7 Å². The van der Waals surface area contributed by atoms with Crippen molar-refractivity contribution in [3.63, 3.8) is 0 Å². The number of carbonyl (C=O) groups excluding carboxylic acids is 1. The highest BCUT2D eigenvalue weighted by molar-refractivity contribution is 5.91. The molecule has 3 N–H and O–H groups in total. The van der Waals surface area contributed by atoms with E-state index in [1.807, 2.05) is 18.2 Å². The molecule has 0 aliphatic heterocycles. The maximum Gasteiger partial charge on any atom is 0.339 e. The van der Waals surface area contributed by atoms with Crippen molar-refractivity contribution in [1.82, 2.24) is 9.97 Å². The normalized spacial score (nSPS) is 10.6. The maximum absolute atomic E-state index is 12.2. The Kier molecular flexibility index (Phi) is 6.83. The number of ether oxygens (including phenoxy) is 1. The number of hydrogen-bond acceptors (Lipinski definition) is 7. The standard InChI is InChI=1S/C25H21N3O6/c29-22-8-6-20(12-21(22)25(31)32)34-15-16-13-26-24(27-14-16)17-3-1-4-18(11-17)28-23(30)9-7-19-5-2-10-33-19/h1-6,8,10-14,29H,7,9,15H2,(H,28,30)(H,31,32). The van der Waals surface area contributed by atoms with Gasteiger partial charge in [-0.2, -0.15) is 0 Å². The lowest BCUT2D eigenvalue weighted by Crippen LogP contribution is -2.12. The number of aryl methyl sites for hydroxylation is 1. The lowest BCUT2D eigenvalue weighted by atomic mass is 10.1. The molecule has 9 heteroatoms. The fourth-order valence-electron chi connectivity index (χ4n) is 3.17. The molecular formula is C25H21N3O6. The van der Waals surface area contributed by atoms with Crippen LogP contribution in [0.2, 0.25) is 0 Å². The summed E-state index contributed by atoms with van der Waals surface area (Å²) in [5.41, 5.74) is 1.81. The third-order valence-electron chi connectivity index (χ3n) is 4.89. The number of nitrogens with zero attached hydrogens (tertiary/aromatic N) is 2. The lowest BCUT2D eigenvalue weighted by molar-refractivity contribution is -0.116. The highest BCUT2D eigenvalue weighted by atomic mass is 16.5. The molecule has 4 rings (SSSR count). The molecule has 0 unspecified atom stereocenters. The summed E-state index contributed by atoms with van der Waals surface area (Å²) in [4.78, 5) is 32.1. The first-order valence-electron chi connectivity index (χ1n) is 10.4. The average Bonchev–Trinajstić information content (AvgIpc) is 3.36. The predicted molar refractivity (Wildman–Crippen MR) is 123 cm³/mol. The van der Waals surface area contributed by atoms with E-state index in [0.717, 1.165) is 11.3 Å². The van der Waals surface area contributed by atoms with Crippen LogP contribution in [0.3, 0.4) is 0 Å². The quantitative estimate of drug-likeness (QED) is 0.337. The van der Waals surface area contributed by atoms with Gasteiger partial charge >= 0.3 is 5.97 Å². The SMILES string of the molecule is O=C(CCc1ccco1)Nc1cccc(-c2ncc(COc3ccc(O)c(C(=O)O)c3)cn2)c1. The number of aromatic nitrogens is 2. The number of benzene rings is 2. The number of aromatic carboxylic acids is 1. The van der Waals surface area contributed by atoms with Gasteiger partial charge in [0, 0.05) is 42.0 Å². The first kappa shape index (κ1) is 22.5. The zero-order valence-electron chi connectivity index (χ0n) is 18.0. The summed E-state index contributed by atoms with van der Waals surface area (Å²) in [6.45, 7) is 0.121. The number of nitrogens with one attached hydrogen (secondary N) is 1. The van der Waals surface area contributed by atoms with Crippen LogP contribution in [0.5, 0.6) is 11.5 Å². The van der Waals surface area contributed by atoms with Crippen LogP contribution in [-0.2, 0) is 17.8 Å². The number of anilines is 1. The number of carboxylic acid groups (broad SMARTS) is 1. The fraction of sp³-hybridized carbons (Fsp3) is 0.120. The first-order chi connectivity index (χ1) is 16.5. The molecule has 2 aromatic carbocycles. The summed E-state index contributed by atoms with van der Waals surface area (Å²) < 4.78 is 10.8. The van der Waals surface area contributed by atoms with E-state index in [-0.39, 0.29) is 23.8 Å². The first-order valence-corrected chi connectivity index (χ1v) is 10.4. The number of hydrogen-bond donors (Lipinski definition) is 3. The number of carboxylic acids is 1. The van der Waals surface area contributed by atoms with Gasteiger partial charge in [-0.3, -0.25) is 4.79 Å². The van der Waals surface area contributed by atoms with Gasteiger partial charge in [0.1, 0.15) is 29.4 Å². The molecular weight excluding hydrogens is 438 g/mol. The van der Waals surface area contributed by atoms with E-state index < -0.39 is 5.97 Å². The molecule has 4 aromatic rings. The Labute approximate surface area is 194 Å². The molecule has 0 atom stereocenters. The van der Waals surface area contributed by atoms with Crippen LogP contribution in [0, 0.1) is 0 Å². The van der Waals surface area contributed by atoms with Crippen LogP contribution < -0.4 is 10.1 Å². The molecule has 0 saturated carbocycles. The molecule has 34 heavy (non-hydrogen) atoms. The molecule has 0 radical (unpaired) electrons. The van der Waals surface area contributed by atoms with Crippen molar-refractivity contribution >= 4 is 17.6 Å². The molecule has 172 valence electrons. The molecule has 1 amide bonds. The van der Waals surface area contributed by atoms with Crippen molar-refractivity contribution in [2.24, 2.45) is 0 Å². The second kappa shape index (κ2) is 10.3. The van der Waals surface area contributed by atoms with Crippen LogP contribution in [-0.4, -0.2) is 32.1 Å². The second-order valence-corrected chi connectivity index (χ2v) is 7.40. The van der Waals surface area contributed by atoms with Crippen molar-refractivity contribution in [3.8, 4) is 22.9 Å². The van der Waals surface area contributed by atoms with Gasteiger partial charge in [0.25, 0.3) is 0 Å². The lowest BCUT2D eigenvalue weighted by Gasteiger charge is -2.09. The second-order valence-electron chi connectivity index (χ2n) is 7.40. The van der Waals surface area contributed by atoms with Crippen LogP contribution in [0.25, 0.3) is 11.4 Å². The van der Waals surface area contributed by atoms with E-state index in [4.69, 9.17) is 14.3 Å². The van der Waals surface area contributed by atoms with Gasteiger partial charge in [-0.25, -0.2) is 14.8 Å². The van der Waals surface area contributed by atoms with E-state index in [1.165, 1.54) is 18.2 Å². The summed E-state index contributed by atoms with van der Waals surface area (Å²) in [6, 6.07) is 14.8. The number of aromatic hydroxyl groups is 1. The van der Waals surface area contributed by atoms with Gasteiger partial charge in [0.05, 0.1) is 6.26 Å². The third-order valence-corrected chi connectivity index (χ3v) is 4.89. The van der Waals surface area contributed by atoms with Crippen LogP contribution in [0.4, 0.5) is 5.69 Å². The van der Waals surface area contributed by atoms with E-state index in [9.17, 15) is 14.7 Å². The molecule has 0 aliphatic rings. The predicted octanol–water partition coefficient (Wildman–Crippen LogP) is 4.29. The van der Waals surface area contributed by atoms with Gasteiger partial charge in [0.2, 0.25) is 5.91 Å². The topological polar surface area (TPSA) is 135 Å². The summed E-state index contributed by atoms with van der Waals surface area (Å²) >= 11 is 0. The Morgan fingerprint density at radius 3 is 2.59 bits per heavy atom. The Hall–Kier alpha value is -4.66. The fourth-order valence-corrected chi connectivity index (χ4v) is 3.17. The minimum atomic E-state index is -1.24. The molecule has 0 spiro atoms. The van der Waals surface area contributed by atoms with E-state index in [2.05, 4.69) is 15.3 Å². The molecule has 0 saturated heterocycles. The summed E-state index contributed by atoms with van der Waals surface area (Å²) in [5.74, 6) is -0.158. The summed E-state index contributed by atoms with van der Waals surface area (Å²) in [7, 11) is 0. The molecule has 0 bridgehead atoms. The molecule has 2 heterocycles. The zero-order chi connectivity index (χ0) is 23.9. The van der Waals surface area contributed by atoms with E-state index in [0.29, 0.717) is 35.7 Å². The van der Waals surface area contributed by atoms with Gasteiger partial charge < -0.3 is 24.7 Å². The highest BCUT2D eigenvalue weighted by Crippen LogP contribution is 2.24. The molecule has 0 aliphatic carbocycles. The van der Waals surface area contributed by atoms with Crippen LogP contribution >= 0.6 is 0 Å². The number of carbonyl (C=O) groups is 2. The van der Waals surface area contributed by atoms with Crippen molar-refractivity contribution in [1.29, 1.82) is 0 Å². The van der Waals surface area contributed by atoms with Gasteiger partial charge in [0.15, 0.2) is 5.82 Å². The average molecular weight is 459 g/mol. The third kappa shape index (κ3) is 5.77. The zero-order valence-corrected chi connectivity index (χ0v) is 18.0. The van der Waals surface area contributed by atoms with Gasteiger partial charge in [-0.1, -0.05) is 12.1 Å². The Bertz CT molecular complexity index is 1290. The van der Waals surface area contributed by atoms with E-state index in [1.54, 1.807) is 36.9 Å². The summed E-state index contributed by atoms with van der Waals surface area (Å²) in [6.07, 6.45) is 5.62. The minimum Gasteiger partial charge on any atom is -0.507 e. The van der Waals surface area contributed by atoms with Crippen molar-refractivity contribution in [2.45, 2.75) is 19.4 Å². The number of furan rings is 1. The largest absolute Gasteiger partial charge is 0.507 e.